The van der Waals surface area contributed by atoms with Gasteiger partial charge in [-0.05, 0) is 31.0 Å². The van der Waals surface area contributed by atoms with Crippen LogP contribution >= 0.6 is 15.9 Å². The smallest absolute Gasteiger partial charge is 0.237 e. The van der Waals surface area contributed by atoms with E-state index in [4.69, 9.17) is 5.26 Å². The van der Waals surface area contributed by atoms with Gasteiger partial charge < -0.3 is 4.90 Å². The third-order valence-corrected chi connectivity index (χ3v) is 3.77. The minimum absolute atomic E-state index is 0.166. The van der Waals surface area contributed by atoms with E-state index < -0.39 is 23.4 Å². The van der Waals surface area contributed by atoms with E-state index >= 15 is 0 Å². The third-order valence-electron chi connectivity index (χ3n) is 3.28. The van der Waals surface area contributed by atoms with Gasteiger partial charge in [0.05, 0.1) is 24.1 Å². The highest BCUT2D eigenvalue weighted by Gasteiger charge is 2.35. The van der Waals surface area contributed by atoms with Crippen LogP contribution in [0.5, 0.6) is 0 Å². The normalized spacial score (nSPS) is 18.8. The highest BCUT2D eigenvalue weighted by atomic mass is 79.9. The Hall–Kier alpha value is -1.74. The van der Waals surface area contributed by atoms with Crippen LogP contribution in [-0.2, 0) is 9.59 Å². The van der Waals surface area contributed by atoms with Crippen LogP contribution in [0, 0.1) is 23.1 Å². The molecule has 1 aliphatic rings. The lowest BCUT2D eigenvalue weighted by Gasteiger charge is -2.31. The maximum atomic E-state index is 13.9. The number of hydrogen-bond acceptors (Lipinski definition) is 3. The van der Waals surface area contributed by atoms with Gasteiger partial charge in [-0.15, -0.1) is 0 Å². The number of anilines is 1. The molecule has 1 aromatic rings. The molecular formula is C14H12BrFN2O2. The molecule has 2 rings (SSSR count). The molecule has 1 fully saturated rings. The average molecular weight is 339 g/mol. The number of benzene rings is 1. The lowest BCUT2D eigenvalue weighted by Crippen LogP contribution is -2.44. The van der Waals surface area contributed by atoms with Gasteiger partial charge in [-0.1, -0.05) is 15.9 Å². The van der Waals surface area contributed by atoms with Crippen molar-refractivity contribution in [3.8, 4) is 6.07 Å². The van der Waals surface area contributed by atoms with Gasteiger partial charge in [0, 0.05) is 11.0 Å². The Morgan fingerprint density at radius 1 is 1.55 bits per heavy atom. The molecule has 4 nitrogen and oxygen atoms in total. The van der Waals surface area contributed by atoms with Gasteiger partial charge in [-0.2, -0.15) is 5.26 Å². The van der Waals surface area contributed by atoms with E-state index in [1.807, 2.05) is 0 Å². The standard InChI is InChI=1S/C14H12BrFN2O2/c15-9-3-4-11(16)12(8-9)18-7-1-2-10(14(18)20)13(19)5-6-17/h3-4,8,10H,1-2,5,7H2. The van der Waals surface area contributed by atoms with E-state index in [0.29, 0.717) is 23.9 Å². The number of carbonyl (C=O) groups is 2. The Morgan fingerprint density at radius 3 is 3.00 bits per heavy atom. The molecule has 1 amide bonds. The Kier molecular flexibility index (Phi) is 4.50. The van der Waals surface area contributed by atoms with Crippen molar-refractivity contribution in [2.75, 3.05) is 11.4 Å². The molecule has 0 bridgehead atoms. The molecule has 1 saturated heterocycles. The van der Waals surface area contributed by atoms with Crippen LogP contribution in [0.2, 0.25) is 0 Å². The van der Waals surface area contributed by atoms with E-state index in [1.165, 1.54) is 17.0 Å². The Morgan fingerprint density at radius 2 is 2.30 bits per heavy atom. The topological polar surface area (TPSA) is 61.2 Å². The van der Waals surface area contributed by atoms with E-state index in [2.05, 4.69) is 15.9 Å². The highest BCUT2D eigenvalue weighted by molar-refractivity contribution is 9.10. The number of amides is 1. The minimum atomic E-state index is -0.832. The number of piperidine rings is 1. The summed E-state index contributed by atoms with van der Waals surface area (Å²) in [5.74, 6) is -2.15. The van der Waals surface area contributed by atoms with Gasteiger partial charge in [0.25, 0.3) is 0 Å². The van der Waals surface area contributed by atoms with Gasteiger partial charge in [0.1, 0.15) is 5.82 Å². The summed E-state index contributed by atoms with van der Waals surface area (Å²) in [7, 11) is 0. The molecule has 0 radical (unpaired) electrons. The summed E-state index contributed by atoms with van der Waals surface area (Å²) < 4.78 is 14.5. The first kappa shape index (κ1) is 14.7. The molecule has 104 valence electrons. The predicted octanol–water partition coefficient (Wildman–Crippen LogP) is 2.81. The van der Waals surface area contributed by atoms with Crippen molar-refractivity contribution >= 4 is 33.3 Å². The summed E-state index contributed by atoms with van der Waals surface area (Å²) in [6.07, 6.45) is 0.746. The molecule has 0 aromatic heterocycles. The molecule has 1 unspecified atom stereocenters. The Balaban J connectivity index is 2.29. The van der Waals surface area contributed by atoms with Crippen molar-refractivity contribution in [2.45, 2.75) is 19.3 Å². The van der Waals surface area contributed by atoms with E-state index in [-0.39, 0.29) is 12.1 Å². The summed E-state index contributed by atoms with van der Waals surface area (Å²) >= 11 is 3.24. The van der Waals surface area contributed by atoms with Crippen molar-refractivity contribution in [1.82, 2.24) is 0 Å². The number of nitriles is 1. The zero-order valence-corrected chi connectivity index (χ0v) is 12.2. The number of Topliss-reactive ketones (excluding diaryl/α,β-unsaturated/α-hetero) is 1. The van der Waals surface area contributed by atoms with Crippen molar-refractivity contribution in [1.29, 1.82) is 5.26 Å². The van der Waals surface area contributed by atoms with Crippen LogP contribution in [0.4, 0.5) is 10.1 Å². The van der Waals surface area contributed by atoms with Crippen LogP contribution in [0.25, 0.3) is 0 Å². The summed E-state index contributed by atoms with van der Waals surface area (Å²) in [6, 6.07) is 6.10. The van der Waals surface area contributed by atoms with E-state index in [9.17, 15) is 14.0 Å². The second-order valence-corrected chi connectivity index (χ2v) is 5.50. The Labute approximate surface area is 124 Å². The lowest BCUT2D eigenvalue weighted by atomic mass is 9.91. The maximum Gasteiger partial charge on any atom is 0.237 e. The quantitative estimate of drug-likeness (QED) is 0.796. The molecule has 1 aromatic carbocycles. The zero-order valence-electron chi connectivity index (χ0n) is 10.6. The SMILES string of the molecule is N#CCC(=O)C1CCCN(c2cc(Br)ccc2F)C1=O. The van der Waals surface area contributed by atoms with Crippen LogP contribution in [0.1, 0.15) is 19.3 Å². The molecule has 20 heavy (non-hydrogen) atoms. The number of halogens is 2. The zero-order chi connectivity index (χ0) is 14.7. The number of carbonyl (C=O) groups excluding carboxylic acids is 2. The first-order valence-corrected chi connectivity index (χ1v) is 7.00. The monoisotopic (exact) mass is 338 g/mol. The molecule has 1 heterocycles. The van der Waals surface area contributed by atoms with Gasteiger partial charge in [0.15, 0.2) is 5.78 Å². The summed E-state index contributed by atoms with van der Waals surface area (Å²) in [5, 5.41) is 8.56. The van der Waals surface area contributed by atoms with Crippen molar-refractivity contribution in [2.24, 2.45) is 5.92 Å². The number of hydrogen-bond donors (Lipinski definition) is 0. The molecule has 0 saturated carbocycles. The number of ketones is 1. The molecule has 0 spiro atoms. The van der Waals surface area contributed by atoms with Crippen molar-refractivity contribution in [3.63, 3.8) is 0 Å². The number of nitrogens with zero attached hydrogens (tertiary/aromatic N) is 2. The second kappa shape index (κ2) is 6.14. The van der Waals surface area contributed by atoms with Crippen molar-refractivity contribution < 1.29 is 14.0 Å². The second-order valence-electron chi connectivity index (χ2n) is 4.58. The third kappa shape index (κ3) is 2.88. The van der Waals surface area contributed by atoms with Crippen molar-refractivity contribution in [3.05, 3.63) is 28.5 Å². The van der Waals surface area contributed by atoms with Crippen LogP contribution < -0.4 is 4.90 Å². The summed E-state index contributed by atoms with van der Waals surface area (Å²) in [6.45, 7) is 0.378. The molecule has 0 N–H and O–H groups in total. The molecular weight excluding hydrogens is 327 g/mol. The lowest BCUT2D eigenvalue weighted by molar-refractivity contribution is -0.133. The van der Waals surface area contributed by atoms with Gasteiger partial charge in [-0.25, -0.2) is 4.39 Å². The summed E-state index contributed by atoms with van der Waals surface area (Å²) in [4.78, 5) is 25.4. The minimum Gasteiger partial charge on any atom is -0.309 e. The van der Waals surface area contributed by atoms with Crippen LogP contribution in [0.15, 0.2) is 22.7 Å². The number of rotatable bonds is 3. The van der Waals surface area contributed by atoms with Gasteiger partial charge in [-0.3, -0.25) is 9.59 Å². The average Bonchev–Trinajstić information content (AvgIpc) is 2.42. The predicted molar refractivity (Wildman–Crippen MR) is 74.4 cm³/mol. The molecule has 6 heteroatoms. The fourth-order valence-corrected chi connectivity index (χ4v) is 2.66. The summed E-state index contributed by atoms with van der Waals surface area (Å²) in [5.41, 5.74) is 0.166. The van der Waals surface area contributed by atoms with E-state index in [1.54, 1.807) is 12.1 Å². The maximum absolute atomic E-state index is 13.9. The van der Waals surface area contributed by atoms with Crippen LogP contribution in [0.3, 0.4) is 0 Å². The molecule has 0 aliphatic carbocycles. The van der Waals surface area contributed by atoms with Gasteiger partial charge in [0.2, 0.25) is 5.91 Å². The molecule has 1 aliphatic heterocycles. The largest absolute Gasteiger partial charge is 0.309 e. The molecule has 1 atom stereocenters. The van der Waals surface area contributed by atoms with Gasteiger partial charge >= 0.3 is 0 Å². The Bertz CT molecular complexity index is 597. The van der Waals surface area contributed by atoms with Crippen LogP contribution in [-0.4, -0.2) is 18.2 Å². The fraction of sp³-hybridized carbons (Fsp3) is 0.357. The first-order valence-electron chi connectivity index (χ1n) is 6.20. The highest BCUT2D eigenvalue weighted by Crippen LogP contribution is 2.29. The van der Waals surface area contributed by atoms with E-state index in [0.717, 1.165) is 0 Å². The fourth-order valence-electron chi connectivity index (χ4n) is 2.31. The first-order chi connectivity index (χ1) is 9.54.